The van der Waals surface area contributed by atoms with Gasteiger partial charge in [-0.3, -0.25) is 28.3 Å². The van der Waals surface area contributed by atoms with Gasteiger partial charge in [0.15, 0.2) is 12.2 Å². The van der Waals surface area contributed by atoms with Crippen LogP contribution in [0.4, 0.5) is 0 Å². The Hall–Kier alpha value is -1.98. The minimum atomic E-state index is -4.61. The van der Waals surface area contributed by atoms with E-state index in [1.807, 2.05) is 42.3 Å². The van der Waals surface area contributed by atoms with Crippen molar-refractivity contribution < 1.29 is 84.1 Å². The number of quaternary nitrogens is 2. The summed E-state index contributed by atoms with van der Waals surface area (Å²) in [6.07, 6.45) is 68.1. The summed E-state index contributed by atoms with van der Waals surface area (Å²) in [5, 5.41) is 0. The van der Waals surface area contributed by atoms with Crippen LogP contribution in [-0.4, -0.2) is 140 Å². The molecule has 0 bridgehead atoms. The monoisotopic (exact) mass is 1520 g/mol. The highest BCUT2D eigenvalue weighted by Gasteiger charge is 2.24. The quantitative estimate of drug-likeness (QED) is 0.0181. The molecule has 0 aliphatic heterocycles. The van der Waals surface area contributed by atoms with Gasteiger partial charge in [0.2, 0.25) is 0 Å². The average molecular weight is 1520 g/mol. The summed E-state index contributed by atoms with van der Waals surface area (Å²) in [5.41, 5.74) is 0. The van der Waals surface area contributed by atoms with E-state index in [-0.39, 0.29) is 64.0 Å². The smallest absolute Gasteiger partial charge is 0.306 e. The number of likely N-dealkylation sites (N-methyl/N-ethyl adjacent to an activating group) is 2. The molecule has 0 N–H and O–H groups in total. The molecule has 0 saturated heterocycles. The first-order valence-electron chi connectivity index (χ1n) is 43.5. The second kappa shape index (κ2) is 75.1. The van der Waals surface area contributed by atoms with Crippen LogP contribution in [0, 0.1) is 0 Å². The molecule has 0 aromatic carbocycles. The highest BCUT2D eigenvalue weighted by molar-refractivity contribution is 7.46. The van der Waals surface area contributed by atoms with Crippen LogP contribution >= 0.6 is 15.6 Å². The topological polar surface area (TPSA) is 222 Å². The molecule has 0 saturated carbocycles. The summed E-state index contributed by atoms with van der Waals surface area (Å²) < 4.78 is 67.7. The Morgan fingerprint density at radius 3 is 0.615 bits per heavy atom. The zero-order chi connectivity index (χ0) is 77.2. The number of carbonyl (C=O) groups is 4. The molecule has 0 aromatic heterocycles. The first-order chi connectivity index (χ1) is 50.0. The molecule has 4 atom stereocenters. The molecule has 2 unspecified atom stereocenters. The van der Waals surface area contributed by atoms with Gasteiger partial charge in [0.1, 0.15) is 39.5 Å². The predicted molar refractivity (Wildman–Crippen MR) is 426 cm³/mol. The van der Waals surface area contributed by atoms with Gasteiger partial charge in [-0.1, -0.05) is 362 Å². The lowest BCUT2D eigenvalue weighted by atomic mass is 10.0. The summed E-state index contributed by atoms with van der Waals surface area (Å²) in [7, 11) is 2.36. The number of hydrogen-bond donors (Lipinski definition) is 0. The lowest BCUT2D eigenvalue weighted by Gasteiger charge is -2.28. The fourth-order valence-corrected chi connectivity index (χ4v) is 13.8. The Bertz CT molecular complexity index is 1870. The van der Waals surface area contributed by atoms with Crippen molar-refractivity contribution in [2.45, 2.75) is 425 Å². The molecule has 0 heterocycles. The van der Waals surface area contributed by atoms with E-state index in [2.05, 4.69) is 27.7 Å². The Morgan fingerprint density at radius 2 is 0.433 bits per heavy atom. The SMILES string of the molecule is CCCCCCCCCCCCCCCCC(=O)OC[C@H](COP(=O)([O-])OCC[N+](C)(C)C)OC(=O)CCCCCCCCCCCCCCCC.CCCCCCCCCCCCCCCCC(=O)OC[C@H](COP(=O)([O-])OCC[N+](C)(C)C)OC(=O)CCCCCCCCCCCCCCCC. The number of phosphoric ester groups is 2. The van der Waals surface area contributed by atoms with E-state index in [0.29, 0.717) is 34.9 Å². The summed E-state index contributed by atoms with van der Waals surface area (Å²) >= 11 is 0. The average Bonchev–Trinajstić information content (AvgIpc) is 0.923. The van der Waals surface area contributed by atoms with Crippen LogP contribution in [-0.2, 0) is 65.4 Å². The zero-order valence-corrected chi connectivity index (χ0v) is 71.3. The first-order valence-corrected chi connectivity index (χ1v) is 46.4. The third-order valence-corrected chi connectivity index (χ3v) is 21.2. The Labute approximate surface area is 640 Å². The van der Waals surface area contributed by atoms with E-state index in [1.165, 1.54) is 283 Å². The van der Waals surface area contributed by atoms with E-state index in [9.17, 15) is 38.1 Å². The van der Waals surface area contributed by atoms with E-state index < -0.39 is 53.0 Å². The second-order valence-electron chi connectivity index (χ2n) is 32.2. The fraction of sp³-hybridized carbons (Fsp3) is 0.952. The number of rotatable bonds is 80. The maximum atomic E-state index is 12.6. The number of phosphoric acid groups is 2. The Kier molecular flexibility index (Phi) is 75.1. The number of carbonyl (C=O) groups excluding carboxylic acids is 4. The molecule has 0 aromatic rings. The molecule has 0 radical (unpaired) electrons. The summed E-state index contributed by atoms with van der Waals surface area (Å²) in [4.78, 5) is 74.9. The molecule has 0 fully saturated rings. The first kappa shape index (κ1) is 104. The second-order valence-corrected chi connectivity index (χ2v) is 35.0. The van der Waals surface area contributed by atoms with Crippen LogP contribution in [0.25, 0.3) is 0 Å². The van der Waals surface area contributed by atoms with Crippen LogP contribution in [0.1, 0.15) is 413 Å². The van der Waals surface area contributed by atoms with Crippen LogP contribution in [0.15, 0.2) is 0 Å². The minimum absolute atomic E-state index is 0.0258. The zero-order valence-electron chi connectivity index (χ0n) is 69.6. The van der Waals surface area contributed by atoms with Gasteiger partial charge in [0.25, 0.3) is 15.6 Å². The Balaban J connectivity index is 0. The molecule has 0 rings (SSSR count). The summed E-state index contributed by atoms with van der Waals surface area (Å²) in [6, 6.07) is 0. The van der Waals surface area contributed by atoms with E-state index in [0.717, 1.165) is 64.2 Å². The molecular weight excluding hydrogens is 1350 g/mol. The van der Waals surface area contributed by atoms with Gasteiger partial charge in [-0.05, 0) is 25.7 Å². The van der Waals surface area contributed by atoms with Crippen molar-refractivity contribution in [2.24, 2.45) is 0 Å². The van der Waals surface area contributed by atoms with Gasteiger partial charge in [-0.25, -0.2) is 0 Å². The Morgan fingerprint density at radius 1 is 0.260 bits per heavy atom. The van der Waals surface area contributed by atoms with Crippen molar-refractivity contribution in [3.63, 3.8) is 0 Å². The van der Waals surface area contributed by atoms with Crippen molar-refractivity contribution in [2.75, 3.05) is 95.0 Å². The molecule has 0 amide bonds. The lowest BCUT2D eigenvalue weighted by molar-refractivity contribution is -0.870. The van der Waals surface area contributed by atoms with E-state index >= 15 is 0 Å². The number of nitrogens with zero attached hydrogens (tertiary/aromatic N) is 2. The van der Waals surface area contributed by atoms with Gasteiger partial charge < -0.3 is 55.8 Å². The molecule has 104 heavy (non-hydrogen) atoms. The van der Waals surface area contributed by atoms with Gasteiger partial charge in [0.05, 0.1) is 55.5 Å². The number of hydrogen-bond acceptors (Lipinski definition) is 16. The maximum Gasteiger partial charge on any atom is 0.306 e. The lowest BCUT2D eigenvalue weighted by Crippen LogP contribution is -2.37. The van der Waals surface area contributed by atoms with Crippen LogP contribution in [0.2, 0.25) is 0 Å². The standard InChI is InChI=1S/2C42H84NO8P/c2*1-6-8-10-12-14-16-18-20-22-24-26-28-30-32-34-41(44)48-38-40(39-50-52(46,47)49-37-36-43(3,4)5)51-42(45)35-33-31-29-27-25-23-21-19-17-15-13-11-9-7-2/h2*40H,6-39H2,1-5H3/t2*40-/m11/s1. The van der Waals surface area contributed by atoms with Crippen LogP contribution in [0.3, 0.4) is 0 Å². The third-order valence-electron chi connectivity index (χ3n) is 19.3. The fourth-order valence-electron chi connectivity index (χ4n) is 12.4. The van der Waals surface area contributed by atoms with Crippen LogP contribution < -0.4 is 9.79 Å². The molecule has 20 heteroatoms. The molecule has 18 nitrogen and oxygen atoms in total. The van der Waals surface area contributed by atoms with Crippen molar-refractivity contribution in [1.82, 2.24) is 0 Å². The number of esters is 4. The van der Waals surface area contributed by atoms with Gasteiger partial charge in [-0.15, -0.1) is 0 Å². The molecular formula is C84H168N2O16P2. The molecule has 620 valence electrons. The van der Waals surface area contributed by atoms with Gasteiger partial charge in [-0.2, -0.15) is 0 Å². The maximum absolute atomic E-state index is 12.6. The van der Waals surface area contributed by atoms with E-state index in [4.69, 9.17) is 37.0 Å². The largest absolute Gasteiger partial charge is 0.756 e. The van der Waals surface area contributed by atoms with Crippen molar-refractivity contribution in [1.29, 1.82) is 0 Å². The molecule has 0 aliphatic carbocycles. The summed E-state index contributed by atoms with van der Waals surface area (Å²) in [6.45, 7) is 8.51. The van der Waals surface area contributed by atoms with Crippen LogP contribution in [0.5, 0.6) is 0 Å². The molecule has 0 spiro atoms. The molecule has 0 aliphatic rings. The van der Waals surface area contributed by atoms with Crippen molar-refractivity contribution in [3.05, 3.63) is 0 Å². The predicted octanol–water partition coefficient (Wildman–Crippen LogP) is 22.8. The third kappa shape index (κ3) is 84.0. The highest BCUT2D eigenvalue weighted by Crippen LogP contribution is 2.39. The number of unbranched alkanes of at least 4 members (excludes halogenated alkanes) is 52. The van der Waals surface area contributed by atoms with Crippen molar-refractivity contribution in [3.8, 4) is 0 Å². The van der Waals surface area contributed by atoms with Gasteiger partial charge in [0, 0.05) is 25.7 Å². The highest BCUT2D eigenvalue weighted by atomic mass is 31.2. The number of ether oxygens (including phenoxy) is 4. The van der Waals surface area contributed by atoms with Gasteiger partial charge >= 0.3 is 23.9 Å². The van der Waals surface area contributed by atoms with E-state index in [1.54, 1.807) is 0 Å². The normalized spacial score (nSPS) is 13.6. The summed E-state index contributed by atoms with van der Waals surface area (Å²) in [5.74, 6) is -1.64. The minimum Gasteiger partial charge on any atom is -0.756 e. The van der Waals surface area contributed by atoms with Crippen molar-refractivity contribution >= 4 is 39.5 Å².